The zero-order valence-electron chi connectivity index (χ0n) is 40.0. The van der Waals surface area contributed by atoms with Crippen LogP contribution in [-0.4, -0.2) is 110 Å². The van der Waals surface area contributed by atoms with Crippen LogP contribution in [0.5, 0.6) is 23.0 Å². The van der Waals surface area contributed by atoms with Gasteiger partial charge < -0.3 is 56.2 Å². The van der Waals surface area contributed by atoms with Gasteiger partial charge in [0.15, 0.2) is 23.0 Å². The minimum Gasteiger partial charge on any atom is -0.493 e. The molecule has 368 valence electrons. The second-order valence-corrected chi connectivity index (χ2v) is 18.3. The van der Waals surface area contributed by atoms with Crippen LogP contribution in [0.4, 0.5) is 21.9 Å². The summed E-state index contributed by atoms with van der Waals surface area (Å²) in [6.45, 7) is 5.47. The van der Waals surface area contributed by atoms with Gasteiger partial charge in [-0.25, -0.2) is 4.79 Å². The van der Waals surface area contributed by atoms with Gasteiger partial charge in [-0.3, -0.25) is 29.2 Å². The Kier molecular flexibility index (Phi) is 15.3. The summed E-state index contributed by atoms with van der Waals surface area (Å²) in [5.74, 6) is 0.527. The van der Waals surface area contributed by atoms with E-state index in [1.165, 1.54) is 12.7 Å². The summed E-state index contributed by atoms with van der Waals surface area (Å²) >= 11 is 0. The molecule has 0 bridgehead atoms. The number of rotatable bonds is 19. The molecule has 0 saturated carbocycles. The highest BCUT2D eigenvalue weighted by Gasteiger charge is 2.35. The molecule has 4 aliphatic heterocycles. The molecular formula is C52H61N9O9. The highest BCUT2D eigenvalue weighted by atomic mass is 16.5. The highest BCUT2D eigenvalue weighted by Crippen LogP contribution is 2.40. The zero-order chi connectivity index (χ0) is 49.5. The van der Waals surface area contributed by atoms with Crippen molar-refractivity contribution in [1.29, 1.82) is 0 Å². The van der Waals surface area contributed by atoms with Crippen LogP contribution in [0, 0.1) is 5.92 Å². The molecule has 6 amide bonds. The normalized spacial score (nSPS) is 17.3. The van der Waals surface area contributed by atoms with Crippen LogP contribution in [0.25, 0.3) is 0 Å². The molecule has 0 spiro atoms. The summed E-state index contributed by atoms with van der Waals surface area (Å²) in [5, 5.41) is 8.18. The number of ether oxygens (including phenoxy) is 4. The van der Waals surface area contributed by atoms with E-state index in [1.807, 2.05) is 49.2 Å². The molecule has 18 heteroatoms. The molecule has 0 aromatic heterocycles. The third kappa shape index (κ3) is 11.0. The van der Waals surface area contributed by atoms with Crippen LogP contribution in [0.15, 0.2) is 76.7 Å². The lowest BCUT2D eigenvalue weighted by Gasteiger charge is -2.34. The number of urea groups is 1. The molecule has 4 aliphatic rings. The van der Waals surface area contributed by atoms with E-state index in [2.05, 4.69) is 28.1 Å². The average molecular weight is 956 g/mol. The van der Waals surface area contributed by atoms with Crippen molar-refractivity contribution in [2.45, 2.75) is 96.1 Å². The van der Waals surface area contributed by atoms with Crippen molar-refractivity contribution < 1.29 is 42.9 Å². The largest absolute Gasteiger partial charge is 0.493 e. The molecule has 4 heterocycles. The zero-order valence-corrected chi connectivity index (χ0v) is 40.0. The van der Waals surface area contributed by atoms with E-state index in [0.717, 1.165) is 36.0 Å². The number of hydrogen-bond donors (Lipinski definition) is 5. The number of hydrogen-bond acceptors (Lipinski definition) is 12. The van der Waals surface area contributed by atoms with E-state index in [-0.39, 0.29) is 49.3 Å². The predicted octanol–water partition coefficient (Wildman–Crippen LogP) is 5.75. The van der Waals surface area contributed by atoms with Crippen molar-refractivity contribution in [3.05, 3.63) is 100 Å². The first kappa shape index (κ1) is 49.0. The molecule has 0 saturated heterocycles. The van der Waals surface area contributed by atoms with Gasteiger partial charge in [-0.2, -0.15) is 0 Å². The number of fused-ring (bicyclic) bond motifs is 6. The van der Waals surface area contributed by atoms with E-state index in [9.17, 15) is 24.0 Å². The number of aliphatic imine (C=N–C) groups is 2. The van der Waals surface area contributed by atoms with Crippen molar-refractivity contribution in [1.82, 2.24) is 20.4 Å². The Bertz CT molecular complexity index is 2710. The van der Waals surface area contributed by atoms with Crippen LogP contribution in [0.3, 0.4) is 0 Å². The maximum absolute atomic E-state index is 14.2. The first-order valence-electron chi connectivity index (χ1n) is 23.8. The van der Waals surface area contributed by atoms with Crippen LogP contribution >= 0.6 is 0 Å². The molecule has 0 unspecified atom stereocenters. The lowest BCUT2D eigenvalue weighted by molar-refractivity contribution is -0.128. The summed E-state index contributed by atoms with van der Waals surface area (Å²) < 4.78 is 23.8. The number of primary amides is 1. The number of carbonyl (C=O) groups excluding carboxylic acids is 5. The van der Waals surface area contributed by atoms with E-state index in [0.29, 0.717) is 90.2 Å². The van der Waals surface area contributed by atoms with Gasteiger partial charge in [-0.15, -0.1) is 0 Å². The summed E-state index contributed by atoms with van der Waals surface area (Å²) in [7, 11) is 3.09. The number of nitrogens with one attached hydrogen (secondary N) is 3. The number of methoxy groups -OCH3 is 2. The van der Waals surface area contributed by atoms with E-state index in [1.54, 1.807) is 48.6 Å². The molecule has 8 rings (SSSR count). The molecule has 18 nitrogen and oxygen atoms in total. The van der Waals surface area contributed by atoms with Gasteiger partial charge in [0.2, 0.25) is 11.8 Å². The molecule has 4 aromatic rings. The SMILES string of the molecule is COc1cc2c(cc1OCCCCCOc1cc3c(cc1OC)C(=O)N1Cc4cc(NC(=O)[C@H](CCCNC(N)=O)NC(=O)[C@@H](N)C(C)C)ccc4C[C@H]1C=N3)N=C[C@@H]1Cc3ccccc3CN1C2=O. The van der Waals surface area contributed by atoms with Crippen LogP contribution in [-0.2, 0) is 35.5 Å². The average Bonchev–Trinajstić information content (AvgIpc) is 3.57. The maximum Gasteiger partial charge on any atom is 0.312 e. The fourth-order valence-corrected chi connectivity index (χ4v) is 9.12. The Labute approximate surface area is 407 Å². The molecule has 0 radical (unpaired) electrons. The molecule has 4 atom stereocenters. The fraction of sp³-hybridized carbons (Fsp3) is 0.404. The number of benzene rings is 4. The maximum atomic E-state index is 14.2. The lowest BCUT2D eigenvalue weighted by atomic mass is 9.93. The van der Waals surface area contributed by atoms with E-state index in [4.69, 9.17) is 40.4 Å². The molecule has 7 N–H and O–H groups in total. The van der Waals surface area contributed by atoms with Gasteiger partial charge in [0.05, 0.1) is 68.1 Å². The molecule has 70 heavy (non-hydrogen) atoms. The Balaban J connectivity index is 0.848. The van der Waals surface area contributed by atoms with Gasteiger partial charge in [-0.05, 0) is 97.4 Å². The first-order chi connectivity index (χ1) is 33.8. The summed E-state index contributed by atoms with van der Waals surface area (Å²) in [6.07, 6.45) is 7.73. The van der Waals surface area contributed by atoms with Crippen molar-refractivity contribution in [2.75, 3.05) is 39.3 Å². The summed E-state index contributed by atoms with van der Waals surface area (Å²) in [6, 6.07) is 17.8. The van der Waals surface area contributed by atoms with Crippen molar-refractivity contribution in [3.8, 4) is 23.0 Å². The number of carbonyl (C=O) groups is 5. The van der Waals surface area contributed by atoms with Gasteiger partial charge in [0.25, 0.3) is 11.8 Å². The number of nitrogens with zero attached hydrogens (tertiary/aromatic N) is 4. The van der Waals surface area contributed by atoms with Gasteiger partial charge >= 0.3 is 6.03 Å². The molecule has 0 aliphatic carbocycles. The molecule has 4 aromatic carbocycles. The minimum absolute atomic E-state index is 0.0852. The topological polar surface area (TPSA) is 242 Å². The molecule has 0 fully saturated rings. The fourth-order valence-electron chi connectivity index (χ4n) is 9.12. The minimum atomic E-state index is -0.924. The van der Waals surface area contributed by atoms with E-state index >= 15 is 0 Å². The lowest BCUT2D eigenvalue weighted by Crippen LogP contribution is -2.51. The van der Waals surface area contributed by atoms with Gasteiger partial charge in [0, 0.05) is 49.9 Å². The quantitative estimate of drug-likeness (QED) is 0.0713. The Morgan fingerprint density at radius 3 is 1.81 bits per heavy atom. The number of anilines is 1. The molecular weight excluding hydrogens is 895 g/mol. The van der Waals surface area contributed by atoms with E-state index < -0.39 is 29.9 Å². The Morgan fingerprint density at radius 1 is 0.700 bits per heavy atom. The number of nitrogens with two attached hydrogens (primary N) is 2. The predicted molar refractivity (Wildman–Crippen MR) is 265 cm³/mol. The van der Waals surface area contributed by atoms with Crippen molar-refractivity contribution in [2.24, 2.45) is 27.4 Å². The second-order valence-electron chi connectivity index (χ2n) is 18.3. The summed E-state index contributed by atoms with van der Waals surface area (Å²) in [5.41, 5.74) is 17.9. The smallest absolute Gasteiger partial charge is 0.312 e. The third-order valence-electron chi connectivity index (χ3n) is 13.2. The van der Waals surface area contributed by atoms with Gasteiger partial charge in [-0.1, -0.05) is 44.2 Å². The number of unbranched alkanes of at least 4 members (excludes halogenated alkanes) is 2. The number of amides is 6. The Morgan fingerprint density at radius 2 is 1.26 bits per heavy atom. The Hall–Kier alpha value is -7.47. The van der Waals surface area contributed by atoms with Crippen LogP contribution < -0.4 is 46.4 Å². The van der Waals surface area contributed by atoms with Crippen LogP contribution in [0.1, 0.15) is 88.9 Å². The van der Waals surface area contributed by atoms with Crippen molar-refractivity contribution >= 4 is 59.2 Å². The third-order valence-corrected chi connectivity index (χ3v) is 13.2. The second kappa shape index (κ2) is 21.9. The monoisotopic (exact) mass is 955 g/mol. The van der Waals surface area contributed by atoms with Crippen molar-refractivity contribution in [3.63, 3.8) is 0 Å². The highest BCUT2D eigenvalue weighted by molar-refractivity contribution is 6.05. The van der Waals surface area contributed by atoms with Gasteiger partial charge in [0.1, 0.15) is 6.04 Å². The summed E-state index contributed by atoms with van der Waals surface area (Å²) in [4.78, 5) is 78.7. The first-order valence-corrected chi connectivity index (χ1v) is 23.8. The standard InChI is InChI=1S/C52H61N9O9/c1-30(2)47(53)49(63)59-40(13-10-16-55-52(54)66)48(62)58-35-15-14-32-21-37-27-57-42-25-46(44(68-4)23-39(42)51(65)61(37)29-34(32)19-35)70-18-9-5-8-17-69-45-24-41-38(22-43(45)67-3)50(64)60-28-33-12-7-6-11-31(33)20-36(60)26-56-41/h6-7,11-12,14-15,19,22-27,30,36-37,40,47H,5,8-10,13,16-18,20-21,28-29,53H2,1-4H3,(H,58,62)(H,59,63)(H3,54,55,66)/t36-,37-,40-,47-/m0/s1. The van der Waals surface area contributed by atoms with Crippen LogP contribution in [0.2, 0.25) is 0 Å².